The third-order valence-electron chi connectivity index (χ3n) is 2.91. The van der Waals surface area contributed by atoms with Crippen LogP contribution >= 0.6 is 11.6 Å². The van der Waals surface area contributed by atoms with Crippen LogP contribution in [-0.2, 0) is 0 Å². The van der Waals surface area contributed by atoms with E-state index in [-0.39, 0.29) is 0 Å². The Morgan fingerprint density at radius 2 is 2.19 bits per heavy atom. The summed E-state index contributed by atoms with van der Waals surface area (Å²) in [6.45, 7) is 4.74. The van der Waals surface area contributed by atoms with Gasteiger partial charge in [-0.1, -0.05) is 30.7 Å². The summed E-state index contributed by atoms with van der Waals surface area (Å²) in [7, 11) is 0. The molecule has 0 aliphatic heterocycles. The maximum atomic E-state index is 9.25. The lowest BCUT2D eigenvalue weighted by Crippen LogP contribution is -2.06. The fraction of sp³-hybridized carbons (Fsp3) is 0.267. The van der Waals surface area contributed by atoms with Gasteiger partial charge in [-0.2, -0.15) is 10.2 Å². The highest BCUT2D eigenvalue weighted by molar-refractivity contribution is 6.32. The predicted molar refractivity (Wildman–Crippen MR) is 85.0 cm³/mol. The second-order valence-electron chi connectivity index (χ2n) is 4.55. The molecule has 0 radical (unpaired) electrons. The lowest BCUT2D eigenvalue weighted by Gasteiger charge is -2.11. The number of hydrogen-bond donors (Lipinski definition) is 2. The second kappa shape index (κ2) is 6.91. The maximum Gasteiger partial charge on any atom is 0.224 e. The number of rotatable bonds is 5. The Labute approximate surface area is 129 Å². The van der Waals surface area contributed by atoms with Gasteiger partial charge in [0.1, 0.15) is 11.1 Å². The van der Waals surface area contributed by atoms with Crippen molar-refractivity contribution in [2.75, 3.05) is 17.2 Å². The van der Waals surface area contributed by atoms with Crippen molar-refractivity contribution in [3.05, 3.63) is 40.5 Å². The lowest BCUT2D eigenvalue weighted by atomic mass is 10.1. The molecule has 2 aromatic rings. The van der Waals surface area contributed by atoms with E-state index in [0.29, 0.717) is 28.0 Å². The first kappa shape index (κ1) is 15.1. The molecule has 21 heavy (non-hydrogen) atoms. The molecule has 0 saturated carbocycles. The lowest BCUT2D eigenvalue weighted by molar-refractivity contribution is 0.953. The molecule has 2 rings (SSSR count). The van der Waals surface area contributed by atoms with Gasteiger partial charge >= 0.3 is 0 Å². The number of anilines is 3. The van der Waals surface area contributed by atoms with E-state index in [4.69, 9.17) is 11.6 Å². The van der Waals surface area contributed by atoms with Crippen LogP contribution in [0.1, 0.15) is 24.5 Å². The second-order valence-corrected chi connectivity index (χ2v) is 4.96. The van der Waals surface area contributed by atoms with Crippen LogP contribution in [0.3, 0.4) is 0 Å². The van der Waals surface area contributed by atoms with Crippen LogP contribution in [0.4, 0.5) is 17.5 Å². The van der Waals surface area contributed by atoms with Gasteiger partial charge in [0, 0.05) is 6.54 Å². The molecule has 0 amide bonds. The Hall–Kier alpha value is -2.32. The topological polar surface area (TPSA) is 73.6 Å². The van der Waals surface area contributed by atoms with Crippen molar-refractivity contribution in [1.82, 2.24) is 9.97 Å². The number of nitriles is 1. The van der Waals surface area contributed by atoms with Crippen molar-refractivity contribution < 1.29 is 0 Å². The Bertz CT molecular complexity index is 678. The molecular formula is C15H16ClN5. The van der Waals surface area contributed by atoms with Crippen LogP contribution < -0.4 is 10.6 Å². The van der Waals surface area contributed by atoms with Crippen molar-refractivity contribution in [3.63, 3.8) is 0 Å². The summed E-state index contributed by atoms with van der Waals surface area (Å²) in [6.07, 6.45) is 2.52. The molecule has 1 heterocycles. The zero-order valence-corrected chi connectivity index (χ0v) is 12.7. The van der Waals surface area contributed by atoms with Crippen LogP contribution in [-0.4, -0.2) is 16.5 Å². The molecule has 0 aliphatic carbocycles. The molecule has 1 aromatic heterocycles. The van der Waals surface area contributed by atoms with E-state index in [0.717, 1.165) is 18.5 Å². The zero-order valence-electron chi connectivity index (χ0n) is 11.9. The van der Waals surface area contributed by atoms with E-state index in [1.165, 1.54) is 6.20 Å². The number of halogens is 1. The highest BCUT2D eigenvalue weighted by Crippen LogP contribution is 2.26. The third kappa shape index (κ3) is 3.61. The summed E-state index contributed by atoms with van der Waals surface area (Å²) in [5.74, 6) is 0.988. The van der Waals surface area contributed by atoms with Crippen LogP contribution in [0.2, 0.25) is 5.02 Å². The fourth-order valence-corrected chi connectivity index (χ4v) is 1.96. The monoisotopic (exact) mass is 301 g/mol. The van der Waals surface area contributed by atoms with Gasteiger partial charge < -0.3 is 10.6 Å². The highest BCUT2D eigenvalue weighted by atomic mass is 35.5. The molecule has 5 nitrogen and oxygen atoms in total. The van der Waals surface area contributed by atoms with Gasteiger partial charge in [0.25, 0.3) is 0 Å². The third-order valence-corrected chi connectivity index (χ3v) is 3.19. The molecule has 1 aromatic carbocycles. The molecule has 0 atom stereocenters. The van der Waals surface area contributed by atoms with E-state index >= 15 is 0 Å². The minimum atomic E-state index is 0.405. The summed E-state index contributed by atoms with van der Waals surface area (Å²) in [5, 5.41) is 15.9. The smallest absolute Gasteiger partial charge is 0.224 e. The predicted octanol–water partition coefficient (Wildman–Crippen LogP) is 3.88. The molecule has 0 aliphatic rings. The van der Waals surface area contributed by atoms with E-state index < -0.39 is 0 Å². The van der Waals surface area contributed by atoms with Gasteiger partial charge in [-0.15, -0.1) is 0 Å². The van der Waals surface area contributed by atoms with Crippen LogP contribution in [0.25, 0.3) is 0 Å². The Balaban J connectivity index is 2.31. The first-order valence-electron chi connectivity index (χ1n) is 6.68. The number of hydrogen-bond acceptors (Lipinski definition) is 5. The molecule has 0 spiro atoms. The summed E-state index contributed by atoms with van der Waals surface area (Å²) >= 11 is 6.12. The summed E-state index contributed by atoms with van der Waals surface area (Å²) in [5.41, 5.74) is 2.16. The van der Waals surface area contributed by atoms with Gasteiger partial charge in [-0.3, -0.25) is 0 Å². The first-order valence-corrected chi connectivity index (χ1v) is 7.06. The molecule has 2 N–H and O–H groups in total. The van der Waals surface area contributed by atoms with Crippen LogP contribution in [0, 0.1) is 18.3 Å². The van der Waals surface area contributed by atoms with Gasteiger partial charge in [0.05, 0.1) is 17.4 Å². The zero-order chi connectivity index (χ0) is 15.2. The molecular weight excluding hydrogens is 286 g/mol. The minimum absolute atomic E-state index is 0.405. The highest BCUT2D eigenvalue weighted by Gasteiger charge is 2.09. The SMILES string of the molecule is CCCNc1ncc(Cl)c(Nc2cccc(C)c2C#N)n1. The van der Waals surface area contributed by atoms with Crippen LogP contribution in [0.5, 0.6) is 0 Å². The summed E-state index contributed by atoms with van der Waals surface area (Å²) < 4.78 is 0. The molecule has 0 fully saturated rings. The normalized spacial score (nSPS) is 10.0. The van der Waals surface area contributed by atoms with E-state index in [1.807, 2.05) is 25.1 Å². The molecule has 0 unspecified atom stereocenters. The van der Waals surface area contributed by atoms with Crippen molar-refractivity contribution >= 4 is 29.1 Å². The van der Waals surface area contributed by atoms with Gasteiger partial charge in [0.2, 0.25) is 5.95 Å². The molecule has 6 heteroatoms. The van der Waals surface area contributed by atoms with Crippen molar-refractivity contribution in [3.8, 4) is 6.07 Å². The van der Waals surface area contributed by atoms with Crippen LogP contribution in [0.15, 0.2) is 24.4 Å². The van der Waals surface area contributed by atoms with Crippen molar-refractivity contribution in [2.24, 2.45) is 0 Å². The van der Waals surface area contributed by atoms with E-state index in [9.17, 15) is 5.26 Å². The number of aryl methyl sites for hydroxylation is 1. The van der Waals surface area contributed by atoms with Gasteiger partial charge in [-0.25, -0.2) is 4.98 Å². The minimum Gasteiger partial charge on any atom is -0.354 e. The first-order chi connectivity index (χ1) is 10.2. The number of nitrogens with one attached hydrogen (secondary N) is 2. The molecule has 0 saturated heterocycles. The average molecular weight is 302 g/mol. The van der Waals surface area contributed by atoms with E-state index in [2.05, 4.69) is 33.6 Å². The Kier molecular flexibility index (Phi) is 4.96. The maximum absolute atomic E-state index is 9.25. The van der Waals surface area contributed by atoms with Crippen molar-refractivity contribution in [1.29, 1.82) is 5.26 Å². The summed E-state index contributed by atoms with van der Waals surface area (Å²) in [6, 6.07) is 7.78. The summed E-state index contributed by atoms with van der Waals surface area (Å²) in [4.78, 5) is 8.45. The van der Waals surface area contributed by atoms with E-state index in [1.54, 1.807) is 0 Å². The fourth-order valence-electron chi connectivity index (χ4n) is 1.82. The average Bonchev–Trinajstić information content (AvgIpc) is 2.48. The Morgan fingerprint density at radius 1 is 1.38 bits per heavy atom. The number of aromatic nitrogens is 2. The molecule has 0 bridgehead atoms. The quantitative estimate of drug-likeness (QED) is 0.877. The largest absolute Gasteiger partial charge is 0.354 e. The Morgan fingerprint density at radius 3 is 2.90 bits per heavy atom. The number of nitrogens with zero attached hydrogens (tertiary/aromatic N) is 3. The molecule has 108 valence electrons. The van der Waals surface area contributed by atoms with Gasteiger partial charge in [-0.05, 0) is 25.0 Å². The number of benzene rings is 1. The van der Waals surface area contributed by atoms with Crippen molar-refractivity contribution in [2.45, 2.75) is 20.3 Å². The van der Waals surface area contributed by atoms with Gasteiger partial charge in [0.15, 0.2) is 5.82 Å². The standard InChI is InChI=1S/C15H16ClN5/c1-3-7-18-15-19-9-12(16)14(21-15)20-13-6-4-5-10(2)11(13)8-17/h4-6,9H,3,7H2,1-2H3,(H2,18,19,20,21).